The number of benzene rings is 1. The summed E-state index contributed by atoms with van der Waals surface area (Å²) in [5.74, 6) is 0.641. The second-order valence-electron chi connectivity index (χ2n) is 5.20. The Morgan fingerprint density at radius 2 is 2.14 bits per heavy atom. The van der Waals surface area contributed by atoms with Crippen LogP contribution in [-0.4, -0.2) is 30.6 Å². The van der Waals surface area contributed by atoms with E-state index in [1.165, 1.54) is 0 Å². The molecule has 1 amide bonds. The molecule has 1 atom stereocenters. The predicted molar refractivity (Wildman–Crippen MR) is 90.9 cm³/mol. The number of hydrogen-bond acceptors (Lipinski definition) is 4. The van der Waals surface area contributed by atoms with E-state index in [4.69, 9.17) is 10.5 Å². The maximum absolute atomic E-state index is 12.2. The standard InChI is InChI=1S/C16H21N3O2.ClH/c1-10(17)6-7-18-16(20)14-8-12-4-5-13(21-3)9-15(12)19-11(14)2;/h4-5,8-10H,6-7,17H2,1-3H3,(H,18,20);1H. The molecule has 1 unspecified atom stereocenters. The van der Waals surface area contributed by atoms with Crippen LogP contribution in [0.15, 0.2) is 24.3 Å². The Morgan fingerprint density at radius 3 is 2.77 bits per heavy atom. The van der Waals surface area contributed by atoms with Gasteiger partial charge in [-0.05, 0) is 38.5 Å². The lowest BCUT2D eigenvalue weighted by Crippen LogP contribution is -2.29. The van der Waals surface area contributed by atoms with Crippen LogP contribution in [0.25, 0.3) is 10.9 Å². The number of aryl methyl sites for hydroxylation is 1. The van der Waals surface area contributed by atoms with Gasteiger partial charge >= 0.3 is 0 Å². The summed E-state index contributed by atoms with van der Waals surface area (Å²) in [4.78, 5) is 16.7. The van der Waals surface area contributed by atoms with E-state index in [1.54, 1.807) is 7.11 Å². The average molecular weight is 324 g/mol. The number of rotatable bonds is 5. The first kappa shape index (κ1) is 18.2. The van der Waals surface area contributed by atoms with Gasteiger partial charge in [-0.1, -0.05) is 0 Å². The Hall–Kier alpha value is -1.85. The van der Waals surface area contributed by atoms with Crippen molar-refractivity contribution in [2.45, 2.75) is 26.3 Å². The van der Waals surface area contributed by atoms with E-state index >= 15 is 0 Å². The Morgan fingerprint density at radius 1 is 1.41 bits per heavy atom. The van der Waals surface area contributed by atoms with Crippen LogP contribution in [0.1, 0.15) is 29.4 Å². The summed E-state index contributed by atoms with van der Waals surface area (Å²) in [6.45, 7) is 4.32. The smallest absolute Gasteiger partial charge is 0.253 e. The predicted octanol–water partition coefficient (Wildman–Crippen LogP) is 2.44. The van der Waals surface area contributed by atoms with E-state index in [-0.39, 0.29) is 24.4 Å². The molecule has 2 aromatic rings. The molecule has 120 valence electrons. The molecule has 1 heterocycles. The molecule has 1 aromatic carbocycles. The Balaban J connectivity index is 0.00000242. The van der Waals surface area contributed by atoms with Crippen LogP contribution in [0, 0.1) is 6.92 Å². The number of nitrogens with one attached hydrogen (secondary N) is 1. The minimum atomic E-state index is -0.113. The number of fused-ring (bicyclic) bond motifs is 1. The largest absolute Gasteiger partial charge is 0.497 e. The highest BCUT2D eigenvalue weighted by atomic mass is 35.5. The van der Waals surface area contributed by atoms with Gasteiger partial charge in [-0.2, -0.15) is 0 Å². The normalized spacial score (nSPS) is 11.6. The van der Waals surface area contributed by atoms with Gasteiger partial charge < -0.3 is 15.8 Å². The van der Waals surface area contributed by atoms with Gasteiger partial charge in [0.2, 0.25) is 0 Å². The maximum atomic E-state index is 12.2. The van der Waals surface area contributed by atoms with Gasteiger partial charge in [-0.15, -0.1) is 12.4 Å². The molecule has 0 bridgehead atoms. The molecule has 0 radical (unpaired) electrons. The fraction of sp³-hybridized carbons (Fsp3) is 0.375. The second kappa shape index (κ2) is 7.96. The van der Waals surface area contributed by atoms with Crippen LogP contribution >= 0.6 is 12.4 Å². The number of pyridine rings is 1. The van der Waals surface area contributed by atoms with Crippen molar-refractivity contribution in [1.29, 1.82) is 0 Å². The number of amides is 1. The Labute approximate surface area is 136 Å². The van der Waals surface area contributed by atoms with E-state index in [0.717, 1.165) is 23.1 Å². The molecule has 0 aliphatic heterocycles. The van der Waals surface area contributed by atoms with Crippen LogP contribution in [0.5, 0.6) is 5.75 Å². The highest BCUT2D eigenvalue weighted by molar-refractivity contribution is 5.98. The van der Waals surface area contributed by atoms with Crippen LogP contribution in [0.4, 0.5) is 0 Å². The summed E-state index contributed by atoms with van der Waals surface area (Å²) in [6, 6.07) is 7.56. The lowest BCUT2D eigenvalue weighted by molar-refractivity contribution is 0.0952. The molecule has 6 heteroatoms. The molecule has 22 heavy (non-hydrogen) atoms. The van der Waals surface area contributed by atoms with Crippen molar-refractivity contribution in [3.8, 4) is 5.75 Å². The molecule has 0 spiro atoms. The van der Waals surface area contributed by atoms with Crippen molar-refractivity contribution in [2.24, 2.45) is 5.73 Å². The molecule has 0 fully saturated rings. The van der Waals surface area contributed by atoms with Crippen molar-refractivity contribution in [3.05, 3.63) is 35.5 Å². The molecule has 2 rings (SSSR count). The highest BCUT2D eigenvalue weighted by Crippen LogP contribution is 2.21. The molecule has 0 aliphatic rings. The zero-order valence-corrected chi connectivity index (χ0v) is 13.9. The van der Waals surface area contributed by atoms with Crippen molar-refractivity contribution in [2.75, 3.05) is 13.7 Å². The number of aromatic nitrogens is 1. The summed E-state index contributed by atoms with van der Waals surface area (Å²) < 4.78 is 5.18. The molecule has 0 aliphatic carbocycles. The number of ether oxygens (including phenoxy) is 1. The molecule has 0 saturated carbocycles. The first-order chi connectivity index (χ1) is 10.0. The number of carbonyl (C=O) groups is 1. The van der Waals surface area contributed by atoms with E-state index in [2.05, 4.69) is 10.3 Å². The molecular weight excluding hydrogens is 302 g/mol. The lowest BCUT2D eigenvalue weighted by atomic mass is 10.1. The topological polar surface area (TPSA) is 77.2 Å². The summed E-state index contributed by atoms with van der Waals surface area (Å²) >= 11 is 0. The average Bonchev–Trinajstić information content (AvgIpc) is 2.45. The van der Waals surface area contributed by atoms with Crippen LogP contribution in [0.2, 0.25) is 0 Å². The minimum absolute atomic E-state index is 0. The van der Waals surface area contributed by atoms with Gasteiger partial charge in [0.1, 0.15) is 5.75 Å². The number of nitrogens with two attached hydrogens (primary N) is 1. The van der Waals surface area contributed by atoms with Gasteiger partial charge in [-0.3, -0.25) is 9.78 Å². The molecule has 0 saturated heterocycles. The van der Waals surface area contributed by atoms with E-state index in [9.17, 15) is 4.79 Å². The first-order valence-corrected chi connectivity index (χ1v) is 7.00. The number of hydrogen-bond donors (Lipinski definition) is 2. The van der Waals surface area contributed by atoms with Crippen molar-refractivity contribution in [1.82, 2.24) is 10.3 Å². The summed E-state index contributed by atoms with van der Waals surface area (Å²) in [7, 11) is 1.62. The Kier molecular flexibility index (Phi) is 6.59. The van der Waals surface area contributed by atoms with Crippen molar-refractivity contribution >= 4 is 29.2 Å². The van der Waals surface area contributed by atoms with E-state index in [0.29, 0.717) is 17.8 Å². The van der Waals surface area contributed by atoms with Crippen LogP contribution in [-0.2, 0) is 0 Å². The SMILES string of the molecule is COc1ccc2cc(C(=O)NCCC(C)N)c(C)nc2c1.Cl. The number of carbonyl (C=O) groups excluding carboxylic acids is 1. The third-order valence-corrected chi connectivity index (χ3v) is 3.35. The number of nitrogens with zero attached hydrogens (tertiary/aromatic N) is 1. The third kappa shape index (κ3) is 4.32. The van der Waals surface area contributed by atoms with Gasteiger partial charge in [0.05, 0.1) is 23.9 Å². The van der Waals surface area contributed by atoms with Crippen LogP contribution in [0.3, 0.4) is 0 Å². The van der Waals surface area contributed by atoms with Gasteiger partial charge in [0, 0.05) is 24.0 Å². The number of halogens is 1. The van der Waals surface area contributed by atoms with Gasteiger partial charge in [0.25, 0.3) is 5.91 Å². The number of methoxy groups -OCH3 is 1. The van der Waals surface area contributed by atoms with Gasteiger partial charge in [0.15, 0.2) is 0 Å². The fourth-order valence-corrected chi connectivity index (χ4v) is 2.11. The highest BCUT2D eigenvalue weighted by Gasteiger charge is 2.12. The quantitative estimate of drug-likeness (QED) is 0.886. The summed E-state index contributed by atoms with van der Waals surface area (Å²) in [6.07, 6.45) is 0.753. The van der Waals surface area contributed by atoms with Crippen molar-refractivity contribution < 1.29 is 9.53 Å². The second-order valence-corrected chi connectivity index (χ2v) is 5.20. The molecular formula is C16H22ClN3O2. The van der Waals surface area contributed by atoms with Crippen LogP contribution < -0.4 is 15.8 Å². The lowest BCUT2D eigenvalue weighted by Gasteiger charge is -2.10. The molecule has 1 aromatic heterocycles. The fourth-order valence-electron chi connectivity index (χ4n) is 2.11. The first-order valence-electron chi connectivity index (χ1n) is 7.00. The van der Waals surface area contributed by atoms with E-state index in [1.807, 2.05) is 38.1 Å². The summed E-state index contributed by atoms with van der Waals surface area (Å²) in [5.41, 5.74) is 7.79. The molecule has 3 N–H and O–H groups in total. The minimum Gasteiger partial charge on any atom is -0.497 e. The zero-order valence-electron chi connectivity index (χ0n) is 13.1. The zero-order chi connectivity index (χ0) is 15.4. The molecule has 5 nitrogen and oxygen atoms in total. The Bertz CT molecular complexity index is 659. The monoisotopic (exact) mass is 323 g/mol. The van der Waals surface area contributed by atoms with Crippen molar-refractivity contribution in [3.63, 3.8) is 0 Å². The third-order valence-electron chi connectivity index (χ3n) is 3.35. The summed E-state index contributed by atoms with van der Waals surface area (Å²) in [5, 5.41) is 3.79. The van der Waals surface area contributed by atoms with E-state index < -0.39 is 0 Å². The van der Waals surface area contributed by atoms with Gasteiger partial charge in [-0.25, -0.2) is 0 Å². The maximum Gasteiger partial charge on any atom is 0.253 e.